The molecule has 0 bridgehead atoms. The highest BCUT2D eigenvalue weighted by Gasteiger charge is 2.34. The van der Waals surface area contributed by atoms with Gasteiger partial charge in [0.2, 0.25) is 0 Å². The zero-order valence-electron chi connectivity index (χ0n) is 10.4. The number of hydrogen-bond donors (Lipinski definition) is 4. The Bertz CT molecular complexity index is 316. The molecule has 0 aromatic rings. The third-order valence-corrected chi connectivity index (χ3v) is 3.82. The predicted octanol–water partition coefficient (Wildman–Crippen LogP) is 0.291. The highest BCUT2D eigenvalue weighted by atomic mass is 16.4. The van der Waals surface area contributed by atoms with Crippen molar-refractivity contribution in [1.82, 2.24) is 16.0 Å². The molecule has 0 radical (unpaired) electrons. The van der Waals surface area contributed by atoms with Gasteiger partial charge in [-0.2, -0.15) is 0 Å². The molecule has 1 saturated carbocycles. The standard InChI is InChI=1S/C12H21N3O3/c16-11(17)9-2-1-3-10(9)15-12(18)14-8-4-6-13-7-5-8/h8-10,13H,1-7H2,(H,16,17)(H2,14,15,18). The highest BCUT2D eigenvalue weighted by molar-refractivity contribution is 5.77. The van der Waals surface area contributed by atoms with Gasteiger partial charge in [-0.3, -0.25) is 4.79 Å². The summed E-state index contributed by atoms with van der Waals surface area (Å²) in [7, 11) is 0. The third kappa shape index (κ3) is 3.35. The maximum Gasteiger partial charge on any atom is 0.315 e. The number of aliphatic carboxylic acids is 1. The fourth-order valence-electron chi connectivity index (χ4n) is 2.79. The molecule has 1 saturated heterocycles. The number of carboxylic acid groups (broad SMARTS) is 1. The molecular weight excluding hydrogens is 234 g/mol. The quantitative estimate of drug-likeness (QED) is 0.583. The van der Waals surface area contributed by atoms with Crippen LogP contribution in [0.3, 0.4) is 0 Å². The Labute approximate surface area is 107 Å². The minimum Gasteiger partial charge on any atom is -0.481 e. The second-order valence-corrected chi connectivity index (χ2v) is 5.12. The maximum atomic E-state index is 11.8. The second kappa shape index (κ2) is 6.04. The average molecular weight is 255 g/mol. The van der Waals surface area contributed by atoms with Gasteiger partial charge in [0.15, 0.2) is 0 Å². The van der Waals surface area contributed by atoms with Crippen molar-refractivity contribution in [1.29, 1.82) is 0 Å². The molecule has 6 nitrogen and oxygen atoms in total. The first kappa shape index (κ1) is 13.1. The van der Waals surface area contributed by atoms with Crippen LogP contribution in [-0.4, -0.2) is 42.3 Å². The Morgan fingerprint density at radius 1 is 1.06 bits per heavy atom. The lowest BCUT2D eigenvalue weighted by Gasteiger charge is -2.25. The molecule has 2 rings (SSSR count). The van der Waals surface area contributed by atoms with Crippen molar-refractivity contribution in [3.05, 3.63) is 0 Å². The van der Waals surface area contributed by atoms with Gasteiger partial charge < -0.3 is 21.1 Å². The van der Waals surface area contributed by atoms with Gasteiger partial charge in [-0.05, 0) is 38.8 Å². The number of piperidine rings is 1. The number of carbonyl (C=O) groups is 2. The van der Waals surface area contributed by atoms with Crippen LogP contribution in [0.4, 0.5) is 4.79 Å². The molecule has 6 heteroatoms. The van der Waals surface area contributed by atoms with Gasteiger partial charge in [-0.15, -0.1) is 0 Å². The number of carboxylic acids is 1. The second-order valence-electron chi connectivity index (χ2n) is 5.12. The molecule has 2 atom stereocenters. The number of nitrogens with one attached hydrogen (secondary N) is 3. The van der Waals surface area contributed by atoms with Gasteiger partial charge in [0, 0.05) is 12.1 Å². The Hall–Kier alpha value is -1.30. The van der Waals surface area contributed by atoms with E-state index in [-0.39, 0.29) is 18.1 Å². The number of amides is 2. The van der Waals surface area contributed by atoms with Gasteiger partial charge in [0.1, 0.15) is 0 Å². The normalized spacial score (nSPS) is 28.9. The molecule has 1 aliphatic heterocycles. The van der Waals surface area contributed by atoms with Crippen LogP contribution < -0.4 is 16.0 Å². The molecule has 1 heterocycles. The number of rotatable bonds is 3. The largest absolute Gasteiger partial charge is 0.481 e. The van der Waals surface area contributed by atoms with E-state index in [1.165, 1.54) is 0 Å². The lowest BCUT2D eigenvalue weighted by Crippen LogP contribution is -2.50. The van der Waals surface area contributed by atoms with E-state index in [9.17, 15) is 9.59 Å². The van der Waals surface area contributed by atoms with Gasteiger partial charge in [-0.1, -0.05) is 6.42 Å². The summed E-state index contributed by atoms with van der Waals surface area (Å²) in [5.41, 5.74) is 0. The zero-order chi connectivity index (χ0) is 13.0. The lowest BCUT2D eigenvalue weighted by atomic mass is 10.0. The summed E-state index contributed by atoms with van der Waals surface area (Å²) in [5, 5.41) is 18.0. The van der Waals surface area contributed by atoms with E-state index in [2.05, 4.69) is 16.0 Å². The van der Waals surface area contributed by atoms with Crippen LogP contribution in [0.15, 0.2) is 0 Å². The number of urea groups is 1. The Morgan fingerprint density at radius 3 is 2.44 bits per heavy atom. The van der Waals surface area contributed by atoms with Crippen LogP contribution in [-0.2, 0) is 4.79 Å². The van der Waals surface area contributed by atoms with Crippen molar-refractivity contribution in [3.8, 4) is 0 Å². The fourth-order valence-corrected chi connectivity index (χ4v) is 2.79. The molecular formula is C12H21N3O3. The summed E-state index contributed by atoms with van der Waals surface area (Å²) >= 11 is 0. The topological polar surface area (TPSA) is 90.5 Å². The van der Waals surface area contributed by atoms with Crippen molar-refractivity contribution in [2.75, 3.05) is 13.1 Å². The fraction of sp³-hybridized carbons (Fsp3) is 0.833. The first-order chi connectivity index (χ1) is 8.66. The van der Waals surface area contributed by atoms with Crippen molar-refractivity contribution < 1.29 is 14.7 Å². The molecule has 0 aromatic heterocycles. The summed E-state index contributed by atoms with van der Waals surface area (Å²) in [4.78, 5) is 22.8. The molecule has 2 fully saturated rings. The summed E-state index contributed by atoms with van der Waals surface area (Å²) < 4.78 is 0. The maximum absolute atomic E-state index is 11.8. The number of carbonyl (C=O) groups excluding carboxylic acids is 1. The average Bonchev–Trinajstić information content (AvgIpc) is 2.78. The van der Waals surface area contributed by atoms with Gasteiger partial charge in [0.05, 0.1) is 5.92 Å². The smallest absolute Gasteiger partial charge is 0.315 e. The molecule has 102 valence electrons. The molecule has 18 heavy (non-hydrogen) atoms. The predicted molar refractivity (Wildman–Crippen MR) is 66.3 cm³/mol. The van der Waals surface area contributed by atoms with E-state index in [0.717, 1.165) is 38.8 Å². The highest BCUT2D eigenvalue weighted by Crippen LogP contribution is 2.25. The molecule has 2 amide bonds. The molecule has 0 aromatic carbocycles. The van der Waals surface area contributed by atoms with Crippen molar-refractivity contribution in [2.45, 2.75) is 44.2 Å². The molecule has 0 spiro atoms. The first-order valence-electron chi connectivity index (χ1n) is 6.67. The van der Waals surface area contributed by atoms with Crippen LogP contribution in [0.2, 0.25) is 0 Å². The van der Waals surface area contributed by atoms with Crippen molar-refractivity contribution >= 4 is 12.0 Å². The Balaban J connectivity index is 1.77. The Kier molecular flexibility index (Phi) is 4.41. The van der Waals surface area contributed by atoms with Crippen LogP contribution in [0.1, 0.15) is 32.1 Å². The van der Waals surface area contributed by atoms with Gasteiger partial charge in [0.25, 0.3) is 0 Å². The third-order valence-electron chi connectivity index (χ3n) is 3.82. The van der Waals surface area contributed by atoms with Crippen molar-refractivity contribution in [2.24, 2.45) is 5.92 Å². The van der Waals surface area contributed by atoms with E-state index in [0.29, 0.717) is 6.42 Å². The van der Waals surface area contributed by atoms with E-state index >= 15 is 0 Å². The monoisotopic (exact) mass is 255 g/mol. The summed E-state index contributed by atoms with van der Waals surface area (Å²) in [6, 6.07) is -0.236. The van der Waals surface area contributed by atoms with Crippen molar-refractivity contribution in [3.63, 3.8) is 0 Å². The van der Waals surface area contributed by atoms with Crippen LogP contribution in [0.25, 0.3) is 0 Å². The molecule has 4 N–H and O–H groups in total. The van der Waals surface area contributed by atoms with E-state index in [1.54, 1.807) is 0 Å². The molecule has 2 aliphatic rings. The van der Waals surface area contributed by atoms with E-state index < -0.39 is 11.9 Å². The molecule has 2 unspecified atom stereocenters. The van der Waals surface area contributed by atoms with Gasteiger partial charge in [-0.25, -0.2) is 4.79 Å². The van der Waals surface area contributed by atoms with E-state index in [1.807, 2.05) is 0 Å². The molecule has 1 aliphatic carbocycles. The van der Waals surface area contributed by atoms with Crippen LogP contribution >= 0.6 is 0 Å². The minimum absolute atomic E-state index is 0.205. The zero-order valence-corrected chi connectivity index (χ0v) is 10.4. The lowest BCUT2D eigenvalue weighted by molar-refractivity contribution is -0.142. The van der Waals surface area contributed by atoms with Crippen LogP contribution in [0, 0.1) is 5.92 Å². The van der Waals surface area contributed by atoms with E-state index in [4.69, 9.17) is 5.11 Å². The SMILES string of the molecule is O=C(NC1CCNCC1)NC1CCCC1C(=O)O. The number of hydrogen-bond acceptors (Lipinski definition) is 3. The Morgan fingerprint density at radius 2 is 1.78 bits per heavy atom. The minimum atomic E-state index is -0.806. The van der Waals surface area contributed by atoms with Crippen LogP contribution in [0.5, 0.6) is 0 Å². The first-order valence-corrected chi connectivity index (χ1v) is 6.67. The summed E-state index contributed by atoms with van der Waals surface area (Å²) in [6.07, 6.45) is 4.15. The van der Waals surface area contributed by atoms with Gasteiger partial charge >= 0.3 is 12.0 Å². The summed E-state index contributed by atoms with van der Waals surface area (Å²) in [5.74, 6) is -1.23. The summed E-state index contributed by atoms with van der Waals surface area (Å²) in [6.45, 7) is 1.85.